The van der Waals surface area contributed by atoms with Gasteiger partial charge in [0.05, 0.1) is 6.20 Å². The molecule has 1 aliphatic carbocycles. The van der Waals surface area contributed by atoms with Gasteiger partial charge < -0.3 is 4.74 Å². The molecular weight excluding hydrogens is 298 g/mol. The lowest BCUT2D eigenvalue weighted by Gasteiger charge is -2.12. The van der Waals surface area contributed by atoms with E-state index in [1.54, 1.807) is 12.4 Å². The summed E-state index contributed by atoms with van der Waals surface area (Å²) >= 11 is 0. The van der Waals surface area contributed by atoms with Crippen molar-refractivity contribution in [1.82, 2.24) is 15.0 Å². The van der Waals surface area contributed by atoms with E-state index < -0.39 is 0 Å². The predicted octanol–water partition coefficient (Wildman–Crippen LogP) is 4.77. The van der Waals surface area contributed by atoms with Crippen LogP contribution in [0.2, 0.25) is 0 Å². The van der Waals surface area contributed by atoms with Crippen molar-refractivity contribution >= 4 is 0 Å². The van der Waals surface area contributed by atoms with Crippen molar-refractivity contribution in [2.24, 2.45) is 0 Å². The zero-order valence-corrected chi connectivity index (χ0v) is 13.6. The van der Waals surface area contributed by atoms with Crippen LogP contribution in [0.25, 0.3) is 11.1 Å². The molecule has 0 atom stereocenters. The van der Waals surface area contributed by atoms with Crippen LogP contribution in [0.15, 0.2) is 55.1 Å². The second-order valence-corrected chi connectivity index (χ2v) is 6.04. The number of pyridine rings is 3. The Morgan fingerprint density at radius 1 is 1.00 bits per heavy atom. The standard InChI is InChI=1S/C20H19N3O/c1-2-14-9-11-21-13-18(14)17-4-3-10-22-20(17)24-16-7-8-19(23-12-16)15-5-6-15/h3-4,7-13,15H,2,5-6H2,1H3. The summed E-state index contributed by atoms with van der Waals surface area (Å²) in [5.41, 5.74) is 4.40. The van der Waals surface area contributed by atoms with Crippen molar-refractivity contribution in [1.29, 1.82) is 0 Å². The second-order valence-electron chi connectivity index (χ2n) is 6.04. The molecule has 0 bridgehead atoms. The summed E-state index contributed by atoms with van der Waals surface area (Å²) in [5, 5.41) is 0. The molecule has 3 heterocycles. The van der Waals surface area contributed by atoms with Gasteiger partial charge in [0.25, 0.3) is 0 Å². The average molecular weight is 317 g/mol. The first-order chi connectivity index (χ1) is 11.8. The van der Waals surface area contributed by atoms with E-state index >= 15 is 0 Å². The number of aryl methyl sites for hydroxylation is 1. The van der Waals surface area contributed by atoms with E-state index in [-0.39, 0.29) is 0 Å². The van der Waals surface area contributed by atoms with Crippen molar-refractivity contribution in [3.05, 3.63) is 66.4 Å². The zero-order chi connectivity index (χ0) is 16.4. The lowest BCUT2D eigenvalue weighted by atomic mass is 10.0. The number of hydrogen-bond donors (Lipinski definition) is 0. The molecule has 24 heavy (non-hydrogen) atoms. The molecule has 120 valence electrons. The molecule has 4 heteroatoms. The van der Waals surface area contributed by atoms with E-state index in [2.05, 4.69) is 27.9 Å². The molecule has 1 fully saturated rings. The highest BCUT2D eigenvalue weighted by Gasteiger charge is 2.24. The summed E-state index contributed by atoms with van der Waals surface area (Å²) < 4.78 is 6.02. The molecule has 0 aromatic carbocycles. The van der Waals surface area contributed by atoms with Crippen LogP contribution >= 0.6 is 0 Å². The van der Waals surface area contributed by atoms with Crippen molar-refractivity contribution in [2.75, 3.05) is 0 Å². The highest BCUT2D eigenvalue weighted by Crippen LogP contribution is 2.39. The van der Waals surface area contributed by atoms with Crippen LogP contribution in [0.4, 0.5) is 0 Å². The molecule has 0 spiro atoms. The van der Waals surface area contributed by atoms with Gasteiger partial charge in [0, 0.05) is 41.3 Å². The monoisotopic (exact) mass is 317 g/mol. The Morgan fingerprint density at radius 2 is 1.92 bits per heavy atom. The molecule has 4 rings (SSSR count). The van der Waals surface area contributed by atoms with Crippen molar-refractivity contribution in [2.45, 2.75) is 32.1 Å². The molecular formula is C20H19N3O. The molecule has 0 N–H and O–H groups in total. The smallest absolute Gasteiger partial charge is 0.227 e. The first kappa shape index (κ1) is 14.8. The largest absolute Gasteiger partial charge is 0.437 e. The second kappa shape index (κ2) is 6.40. The number of rotatable bonds is 5. The van der Waals surface area contributed by atoms with Gasteiger partial charge in [0.2, 0.25) is 5.88 Å². The van der Waals surface area contributed by atoms with Gasteiger partial charge in [-0.15, -0.1) is 0 Å². The quantitative estimate of drug-likeness (QED) is 0.680. The highest BCUT2D eigenvalue weighted by atomic mass is 16.5. The first-order valence-electron chi connectivity index (χ1n) is 8.37. The van der Waals surface area contributed by atoms with Crippen LogP contribution in [0.5, 0.6) is 11.6 Å². The molecule has 4 nitrogen and oxygen atoms in total. The summed E-state index contributed by atoms with van der Waals surface area (Å²) in [6.07, 6.45) is 10.7. The summed E-state index contributed by atoms with van der Waals surface area (Å²) in [7, 11) is 0. The van der Waals surface area contributed by atoms with E-state index in [0.717, 1.165) is 23.2 Å². The fourth-order valence-electron chi connectivity index (χ4n) is 2.84. The van der Waals surface area contributed by atoms with Crippen LogP contribution in [0.3, 0.4) is 0 Å². The fourth-order valence-corrected chi connectivity index (χ4v) is 2.84. The summed E-state index contributed by atoms with van der Waals surface area (Å²) in [6, 6.07) is 10.0. The number of nitrogens with zero attached hydrogens (tertiary/aromatic N) is 3. The lowest BCUT2D eigenvalue weighted by molar-refractivity contribution is 0.462. The summed E-state index contributed by atoms with van der Waals surface area (Å²) in [6.45, 7) is 2.14. The van der Waals surface area contributed by atoms with Gasteiger partial charge in [0.15, 0.2) is 0 Å². The fraction of sp³-hybridized carbons (Fsp3) is 0.250. The Kier molecular flexibility index (Phi) is 3.95. The van der Waals surface area contributed by atoms with Crippen LogP contribution < -0.4 is 4.74 Å². The van der Waals surface area contributed by atoms with Crippen molar-refractivity contribution in [3.63, 3.8) is 0 Å². The maximum atomic E-state index is 6.02. The minimum Gasteiger partial charge on any atom is -0.437 e. The van der Waals surface area contributed by atoms with Gasteiger partial charge in [-0.1, -0.05) is 6.92 Å². The Hall–Kier alpha value is -2.75. The van der Waals surface area contributed by atoms with Gasteiger partial charge in [-0.2, -0.15) is 0 Å². The zero-order valence-electron chi connectivity index (χ0n) is 13.6. The van der Waals surface area contributed by atoms with E-state index in [0.29, 0.717) is 17.5 Å². The first-order valence-corrected chi connectivity index (χ1v) is 8.37. The molecule has 0 aliphatic heterocycles. The third-order valence-electron chi connectivity index (χ3n) is 4.32. The summed E-state index contributed by atoms with van der Waals surface area (Å²) in [5.74, 6) is 1.94. The Balaban J connectivity index is 1.66. The number of aromatic nitrogens is 3. The van der Waals surface area contributed by atoms with Gasteiger partial charge in [-0.3, -0.25) is 9.97 Å². The Morgan fingerprint density at radius 3 is 2.67 bits per heavy atom. The molecule has 0 unspecified atom stereocenters. The van der Waals surface area contributed by atoms with E-state index in [1.165, 1.54) is 18.4 Å². The SMILES string of the molecule is CCc1ccncc1-c1cccnc1Oc1ccc(C2CC2)nc1. The molecule has 1 aliphatic rings. The minimum absolute atomic E-state index is 0.584. The molecule has 0 amide bonds. The van der Waals surface area contributed by atoms with Gasteiger partial charge in [-0.25, -0.2) is 4.98 Å². The number of ether oxygens (including phenoxy) is 1. The third-order valence-corrected chi connectivity index (χ3v) is 4.32. The topological polar surface area (TPSA) is 47.9 Å². The molecule has 1 saturated carbocycles. The van der Waals surface area contributed by atoms with Crippen molar-refractivity contribution in [3.8, 4) is 22.8 Å². The maximum absolute atomic E-state index is 6.02. The summed E-state index contributed by atoms with van der Waals surface area (Å²) in [4.78, 5) is 13.2. The van der Waals surface area contributed by atoms with E-state index in [9.17, 15) is 0 Å². The van der Waals surface area contributed by atoms with Crippen LogP contribution in [-0.4, -0.2) is 15.0 Å². The maximum Gasteiger partial charge on any atom is 0.227 e. The van der Waals surface area contributed by atoms with Crippen LogP contribution in [-0.2, 0) is 6.42 Å². The molecule has 3 aromatic heterocycles. The number of hydrogen-bond acceptors (Lipinski definition) is 4. The Bertz CT molecular complexity index is 842. The molecule has 3 aromatic rings. The van der Waals surface area contributed by atoms with Crippen LogP contribution in [0, 0.1) is 0 Å². The highest BCUT2D eigenvalue weighted by molar-refractivity contribution is 5.71. The van der Waals surface area contributed by atoms with E-state index in [4.69, 9.17) is 4.74 Å². The van der Waals surface area contributed by atoms with Gasteiger partial charge in [0.1, 0.15) is 5.75 Å². The van der Waals surface area contributed by atoms with Crippen molar-refractivity contribution < 1.29 is 4.74 Å². The van der Waals surface area contributed by atoms with Gasteiger partial charge in [-0.05, 0) is 55.2 Å². The molecule has 0 radical (unpaired) electrons. The normalized spacial score (nSPS) is 13.7. The lowest BCUT2D eigenvalue weighted by Crippen LogP contribution is -1.95. The van der Waals surface area contributed by atoms with E-state index in [1.807, 2.05) is 36.7 Å². The minimum atomic E-state index is 0.584. The third kappa shape index (κ3) is 3.00. The predicted molar refractivity (Wildman–Crippen MR) is 93.1 cm³/mol. The average Bonchev–Trinajstić information content (AvgIpc) is 3.48. The molecule has 0 saturated heterocycles. The van der Waals surface area contributed by atoms with Crippen LogP contribution in [0.1, 0.15) is 36.9 Å². The van der Waals surface area contributed by atoms with Gasteiger partial charge >= 0.3 is 0 Å². The Labute approximate surface area is 141 Å².